The number of hydrogen-bond donors (Lipinski definition) is 1. The Balaban J connectivity index is 0.000000371. The minimum absolute atomic E-state index is 0.0107. The maximum absolute atomic E-state index is 13.6. The van der Waals surface area contributed by atoms with Crippen LogP contribution in [-0.4, -0.2) is 29.2 Å². The van der Waals surface area contributed by atoms with Gasteiger partial charge in [-0.3, -0.25) is 9.59 Å². The van der Waals surface area contributed by atoms with Gasteiger partial charge < -0.3 is 5.32 Å². The molecule has 47 heavy (non-hydrogen) atoms. The number of ketones is 1. The third-order valence-electron chi connectivity index (χ3n) is 14.9. The Morgan fingerprint density at radius 2 is 1.47 bits per heavy atom. The molecule has 5 saturated carbocycles. The molecule has 0 aromatic rings. The van der Waals surface area contributed by atoms with Gasteiger partial charge in [-0.05, 0) is 140 Å². The van der Waals surface area contributed by atoms with Crippen LogP contribution in [0.5, 0.6) is 0 Å². The van der Waals surface area contributed by atoms with E-state index in [1.165, 1.54) is 51.9 Å². The van der Waals surface area contributed by atoms with Crippen molar-refractivity contribution in [2.45, 2.75) is 159 Å². The Morgan fingerprint density at radius 3 is 2.04 bits per heavy atom. The molecule has 0 unspecified atom stereocenters. The Labute approximate surface area is 284 Å². The molecule has 1 N–H and O–H groups in total. The van der Waals surface area contributed by atoms with Gasteiger partial charge in [0.1, 0.15) is 5.41 Å². The molecule has 6 rings (SSSR count). The lowest BCUT2D eigenvalue weighted by molar-refractivity contribution is -0.267. The maximum atomic E-state index is 13.6. The van der Waals surface area contributed by atoms with Crippen LogP contribution < -0.4 is 5.32 Å². The Morgan fingerprint density at radius 1 is 0.809 bits per heavy atom. The standard InChI is InChI=1S/C32H48O5.C8H15NO/c1-19(2)25-22(34)18-32(27(35)37-36-20(3)33)17-16-30(7)21(26(25)32)10-11-24-29(6)14-9-13-28(4,5)23(29)12-15-31(24,30)8;1-6(10)9-8(2,3)7-4-5-7/h19,21,23-24H,9-18H2,1-8H3;7H,4-5H2,1-3H3,(H,9,10)/t21-,23+,24-,29+,30-,31-,32-;/m1./s1. The summed E-state index contributed by atoms with van der Waals surface area (Å²) in [5, 5.41) is 2.94. The number of fused-ring (bicyclic) bond motifs is 7. The molecule has 7 heteroatoms. The molecule has 7 nitrogen and oxygen atoms in total. The number of allylic oxidation sites excluding steroid dienone is 1. The molecule has 0 spiro atoms. The molecule has 7 atom stereocenters. The highest BCUT2D eigenvalue weighted by molar-refractivity contribution is 6.06. The third kappa shape index (κ3) is 5.81. The van der Waals surface area contributed by atoms with Gasteiger partial charge in [0.2, 0.25) is 5.91 Å². The smallest absolute Gasteiger partial charge is 0.351 e. The summed E-state index contributed by atoms with van der Waals surface area (Å²) in [6, 6.07) is 0. The Hall–Kier alpha value is -2.18. The summed E-state index contributed by atoms with van der Waals surface area (Å²) >= 11 is 0. The van der Waals surface area contributed by atoms with Crippen molar-refractivity contribution < 1.29 is 29.0 Å². The van der Waals surface area contributed by atoms with Gasteiger partial charge in [-0.2, -0.15) is 0 Å². The predicted octanol–water partition coefficient (Wildman–Crippen LogP) is 8.69. The first-order valence-electron chi connectivity index (χ1n) is 18.6. The van der Waals surface area contributed by atoms with Gasteiger partial charge >= 0.3 is 11.9 Å². The van der Waals surface area contributed by atoms with Crippen LogP contribution in [-0.2, 0) is 29.0 Å². The van der Waals surface area contributed by atoms with Gasteiger partial charge in [-0.15, -0.1) is 0 Å². The highest BCUT2D eigenvalue weighted by Crippen LogP contribution is 2.76. The van der Waals surface area contributed by atoms with Gasteiger partial charge in [0.15, 0.2) is 5.78 Å². The van der Waals surface area contributed by atoms with E-state index in [9.17, 15) is 19.2 Å². The lowest BCUT2D eigenvalue weighted by Gasteiger charge is -2.71. The van der Waals surface area contributed by atoms with E-state index >= 15 is 0 Å². The second-order valence-electron chi connectivity index (χ2n) is 18.7. The molecule has 5 fully saturated rings. The largest absolute Gasteiger partial charge is 0.366 e. The average Bonchev–Trinajstić information content (AvgIpc) is 3.75. The van der Waals surface area contributed by atoms with Crippen molar-refractivity contribution >= 4 is 23.6 Å². The number of amides is 1. The lowest BCUT2D eigenvalue weighted by Crippen LogP contribution is -2.64. The van der Waals surface area contributed by atoms with Crippen LogP contribution >= 0.6 is 0 Å². The van der Waals surface area contributed by atoms with Crippen LogP contribution in [0.25, 0.3) is 0 Å². The van der Waals surface area contributed by atoms with Crippen LogP contribution in [0.2, 0.25) is 0 Å². The van der Waals surface area contributed by atoms with E-state index in [4.69, 9.17) is 9.78 Å². The molecular weight excluding hydrogens is 590 g/mol. The first-order chi connectivity index (χ1) is 21.7. The van der Waals surface area contributed by atoms with Crippen LogP contribution in [0, 0.1) is 56.7 Å². The highest BCUT2D eigenvalue weighted by Gasteiger charge is 2.70. The van der Waals surface area contributed by atoms with E-state index in [-0.39, 0.29) is 46.3 Å². The van der Waals surface area contributed by atoms with E-state index in [0.717, 1.165) is 42.2 Å². The number of Topliss-reactive ketones (excluding diaryl/α,β-unsaturated/α-hetero) is 1. The summed E-state index contributed by atoms with van der Waals surface area (Å²) in [5.41, 5.74) is 1.81. The van der Waals surface area contributed by atoms with Gasteiger partial charge in [-0.1, -0.05) is 54.9 Å². The number of carbonyl (C=O) groups is 4. The molecule has 0 saturated heterocycles. The summed E-state index contributed by atoms with van der Waals surface area (Å²) in [5.74, 6) is 1.30. The SMILES string of the molecule is CC(=O)NC(C)(C)C1CC1.CC(=O)OOC(=O)[C@@]12CC[C@]3(C)[C@H](CC[C@@H]4[C@@]5(C)CCCC(C)(C)[C@@H]5CC[C@]43C)C1=C(C(C)C)C(=O)C2. The van der Waals surface area contributed by atoms with E-state index in [1.807, 2.05) is 0 Å². The van der Waals surface area contributed by atoms with Gasteiger partial charge in [-0.25, -0.2) is 19.4 Å². The second kappa shape index (κ2) is 12.0. The topological polar surface area (TPSA) is 98.8 Å². The van der Waals surface area contributed by atoms with Crippen molar-refractivity contribution in [2.75, 3.05) is 0 Å². The van der Waals surface area contributed by atoms with E-state index in [0.29, 0.717) is 23.2 Å². The molecular formula is C40H63NO6. The predicted molar refractivity (Wildman–Crippen MR) is 183 cm³/mol. The molecule has 264 valence electrons. The zero-order chi connectivity index (χ0) is 35.0. The number of hydrogen-bond acceptors (Lipinski definition) is 6. The second-order valence-corrected chi connectivity index (χ2v) is 18.7. The fourth-order valence-corrected chi connectivity index (χ4v) is 12.5. The van der Waals surface area contributed by atoms with E-state index < -0.39 is 17.4 Å². The summed E-state index contributed by atoms with van der Waals surface area (Å²) in [7, 11) is 0. The summed E-state index contributed by atoms with van der Waals surface area (Å²) in [6.45, 7) is 23.8. The molecule has 1 amide bonds. The van der Waals surface area contributed by atoms with Gasteiger partial charge in [0, 0.05) is 25.8 Å². The Kier molecular flexibility index (Phi) is 9.22. The molecule has 0 aliphatic heterocycles. The molecule has 6 aliphatic carbocycles. The summed E-state index contributed by atoms with van der Waals surface area (Å²) < 4.78 is 0. The van der Waals surface area contributed by atoms with Crippen molar-refractivity contribution in [3.05, 3.63) is 11.1 Å². The van der Waals surface area contributed by atoms with Crippen molar-refractivity contribution in [1.29, 1.82) is 0 Å². The molecule has 0 aromatic carbocycles. The lowest BCUT2D eigenvalue weighted by atomic mass is 9.33. The van der Waals surface area contributed by atoms with Crippen molar-refractivity contribution in [3.8, 4) is 0 Å². The highest BCUT2D eigenvalue weighted by atomic mass is 17.2. The summed E-state index contributed by atoms with van der Waals surface area (Å²) in [4.78, 5) is 59.1. The minimum Gasteiger partial charge on any atom is -0.351 e. The normalized spacial score (nSPS) is 39.0. The summed E-state index contributed by atoms with van der Waals surface area (Å²) in [6.07, 6.45) is 12.8. The molecule has 0 radical (unpaired) electrons. The molecule has 6 aliphatic rings. The fraction of sp³-hybridized carbons (Fsp3) is 0.850. The number of nitrogens with one attached hydrogen (secondary N) is 1. The quantitative estimate of drug-likeness (QED) is 0.241. The van der Waals surface area contributed by atoms with E-state index in [1.54, 1.807) is 6.92 Å². The zero-order valence-electron chi connectivity index (χ0n) is 31.3. The van der Waals surface area contributed by atoms with Crippen molar-refractivity contribution in [2.24, 2.45) is 56.7 Å². The Bertz CT molecular complexity index is 1340. The molecule has 0 bridgehead atoms. The minimum atomic E-state index is -0.993. The van der Waals surface area contributed by atoms with Gasteiger partial charge in [0.25, 0.3) is 0 Å². The van der Waals surface area contributed by atoms with Crippen LogP contribution in [0.15, 0.2) is 11.1 Å². The van der Waals surface area contributed by atoms with Crippen molar-refractivity contribution in [1.82, 2.24) is 5.32 Å². The molecule has 0 heterocycles. The third-order valence-corrected chi connectivity index (χ3v) is 14.9. The monoisotopic (exact) mass is 653 g/mol. The molecule has 0 aromatic heterocycles. The first-order valence-corrected chi connectivity index (χ1v) is 18.6. The van der Waals surface area contributed by atoms with Crippen LogP contribution in [0.3, 0.4) is 0 Å². The number of rotatable bonds is 4. The van der Waals surface area contributed by atoms with Gasteiger partial charge in [0.05, 0.1) is 0 Å². The maximum Gasteiger partial charge on any atom is 0.366 e. The number of carbonyl (C=O) groups excluding carboxylic acids is 4. The zero-order valence-corrected chi connectivity index (χ0v) is 31.3. The average molecular weight is 654 g/mol. The first kappa shape index (κ1) is 36.1. The van der Waals surface area contributed by atoms with Crippen LogP contribution in [0.1, 0.15) is 153 Å². The van der Waals surface area contributed by atoms with Crippen molar-refractivity contribution in [3.63, 3.8) is 0 Å². The van der Waals surface area contributed by atoms with E-state index in [2.05, 4.69) is 67.6 Å². The van der Waals surface area contributed by atoms with Crippen LogP contribution in [0.4, 0.5) is 0 Å². The fourth-order valence-electron chi connectivity index (χ4n) is 12.5.